The van der Waals surface area contributed by atoms with E-state index < -0.39 is 0 Å². The normalized spacial score (nSPS) is 16.0. The largest absolute Gasteiger partial charge is 0.396 e. The van der Waals surface area contributed by atoms with Gasteiger partial charge in [-0.1, -0.05) is 26.7 Å². The zero-order chi connectivity index (χ0) is 15.7. The van der Waals surface area contributed by atoms with E-state index in [2.05, 4.69) is 24.5 Å². The molecule has 2 amide bonds. The topological polar surface area (TPSA) is 78.4 Å². The lowest BCUT2D eigenvalue weighted by molar-refractivity contribution is -0.125. The molecule has 0 aromatic carbocycles. The van der Waals surface area contributed by atoms with E-state index >= 15 is 0 Å². The number of aliphatic hydroxyl groups is 1. The second kappa shape index (κ2) is 9.03. The quantitative estimate of drug-likeness (QED) is 0.605. The number of aliphatic hydroxyl groups excluding tert-OH is 1. The molecule has 0 aromatic rings. The predicted molar refractivity (Wildman–Crippen MR) is 82.7 cm³/mol. The van der Waals surface area contributed by atoms with Crippen molar-refractivity contribution in [3.8, 4) is 0 Å². The first kappa shape index (κ1) is 18.0. The molecule has 0 saturated heterocycles. The highest BCUT2D eigenvalue weighted by molar-refractivity contribution is 5.80. The summed E-state index contributed by atoms with van der Waals surface area (Å²) in [6.07, 6.45) is 6.20. The van der Waals surface area contributed by atoms with E-state index in [1.54, 1.807) is 0 Å². The molecular formula is C16H30N2O3. The average molecular weight is 298 g/mol. The number of hydrogen-bond donors (Lipinski definition) is 3. The minimum atomic E-state index is -0.0289. The first-order chi connectivity index (χ1) is 9.94. The summed E-state index contributed by atoms with van der Waals surface area (Å²) in [4.78, 5) is 23.6. The minimum Gasteiger partial charge on any atom is -0.396 e. The lowest BCUT2D eigenvalue weighted by Crippen LogP contribution is -2.37. The van der Waals surface area contributed by atoms with Gasteiger partial charge in [-0.15, -0.1) is 0 Å². The van der Waals surface area contributed by atoms with E-state index in [0.717, 1.165) is 38.5 Å². The molecule has 0 heterocycles. The Bertz CT molecular complexity index is 336. The average Bonchev–Trinajstić information content (AvgIpc) is 2.97. The Kier molecular flexibility index (Phi) is 7.72. The molecule has 1 rings (SSSR count). The van der Waals surface area contributed by atoms with Crippen LogP contribution in [0.3, 0.4) is 0 Å². The summed E-state index contributed by atoms with van der Waals surface area (Å²) in [7, 11) is 0. The zero-order valence-corrected chi connectivity index (χ0v) is 13.4. The number of rotatable bonds is 9. The molecule has 5 nitrogen and oxygen atoms in total. The van der Waals surface area contributed by atoms with Crippen LogP contribution in [0.15, 0.2) is 0 Å². The van der Waals surface area contributed by atoms with Gasteiger partial charge in [0, 0.05) is 32.0 Å². The number of carbonyl (C=O) groups excluding carboxylic acids is 2. The van der Waals surface area contributed by atoms with Crippen LogP contribution in [0, 0.1) is 11.3 Å². The Morgan fingerprint density at radius 2 is 1.86 bits per heavy atom. The van der Waals surface area contributed by atoms with Crippen molar-refractivity contribution in [1.29, 1.82) is 0 Å². The van der Waals surface area contributed by atoms with E-state index in [4.69, 9.17) is 5.11 Å². The van der Waals surface area contributed by atoms with Gasteiger partial charge in [-0.3, -0.25) is 9.59 Å². The summed E-state index contributed by atoms with van der Waals surface area (Å²) in [5.74, 6) is 0.229. The van der Waals surface area contributed by atoms with Crippen molar-refractivity contribution >= 4 is 11.8 Å². The molecule has 0 aliphatic heterocycles. The van der Waals surface area contributed by atoms with Crippen molar-refractivity contribution < 1.29 is 14.7 Å². The molecule has 0 aromatic heterocycles. The Labute approximate surface area is 127 Å². The highest BCUT2D eigenvalue weighted by Gasteiger charge is 2.22. The van der Waals surface area contributed by atoms with E-state index in [0.29, 0.717) is 19.5 Å². The third-order valence-electron chi connectivity index (χ3n) is 4.15. The second-order valence-electron chi connectivity index (χ2n) is 6.79. The Balaban J connectivity index is 2.11. The van der Waals surface area contributed by atoms with Gasteiger partial charge in [-0.05, 0) is 31.1 Å². The van der Waals surface area contributed by atoms with Crippen LogP contribution >= 0.6 is 0 Å². The summed E-state index contributed by atoms with van der Waals surface area (Å²) >= 11 is 0. The fourth-order valence-electron chi connectivity index (χ4n) is 2.70. The monoisotopic (exact) mass is 298 g/mol. The molecule has 0 atom stereocenters. The standard InChI is InChI=1S/C16H30N2O3/c1-16(2,9-5-11-19)12-18-14(20)8-10-17-15(21)13-6-3-4-7-13/h13,19H,3-12H2,1-2H3,(H,17,21)(H,18,20). The number of amides is 2. The van der Waals surface area contributed by atoms with Crippen LogP contribution in [0.25, 0.3) is 0 Å². The molecule has 0 spiro atoms. The van der Waals surface area contributed by atoms with Crippen LogP contribution in [-0.4, -0.2) is 36.6 Å². The van der Waals surface area contributed by atoms with Gasteiger partial charge in [-0.25, -0.2) is 0 Å². The van der Waals surface area contributed by atoms with E-state index in [1.165, 1.54) is 0 Å². The predicted octanol–water partition coefficient (Wildman–Crippen LogP) is 1.60. The van der Waals surface area contributed by atoms with Crippen LogP contribution in [0.2, 0.25) is 0 Å². The highest BCUT2D eigenvalue weighted by Crippen LogP contribution is 2.24. The lowest BCUT2D eigenvalue weighted by atomic mass is 9.88. The Morgan fingerprint density at radius 3 is 2.48 bits per heavy atom. The SMILES string of the molecule is CC(C)(CCCO)CNC(=O)CCNC(=O)C1CCCC1. The van der Waals surface area contributed by atoms with Crippen LogP contribution in [-0.2, 0) is 9.59 Å². The maximum absolute atomic E-state index is 11.8. The summed E-state index contributed by atoms with van der Waals surface area (Å²) in [6, 6.07) is 0. The fraction of sp³-hybridized carbons (Fsp3) is 0.875. The van der Waals surface area contributed by atoms with Gasteiger partial charge in [0.15, 0.2) is 0 Å². The molecule has 3 N–H and O–H groups in total. The van der Waals surface area contributed by atoms with Gasteiger partial charge in [0.05, 0.1) is 0 Å². The smallest absolute Gasteiger partial charge is 0.223 e. The van der Waals surface area contributed by atoms with Crippen LogP contribution < -0.4 is 10.6 Å². The maximum Gasteiger partial charge on any atom is 0.223 e. The van der Waals surface area contributed by atoms with E-state index in [1.807, 2.05) is 0 Å². The van der Waals surface area contributed by atoms with Crippen molar-refractivity contribution in [1.82, 2.24) is 10.6 Å². The van der Waals surface area contributed by atoms with Gasteiger partial charge in [0.25, 0.3) is 0 Å². The number of carbonyl (C=O) groups is 2. The molecule has 5 heteroatoms. The minimum absolute atomic E-state index is 0.00845. The third-order valence-corrected chi connectivity index (χ3v) is 4.15. The van der Waals surface area contributed by atoms with Crippen molar-refractivity contribution in [3.63, 3.8) is 0 Å². The molecule has 122 valence electrons. The van der Waals surface area contributed by atoms with Crippen molar-refractivity contribution in [2.45, 2.75) is 58.8 Å². The molecule has 0 radical (unpaired) electrons. The number of hydrogen-bond acceptors (Lipinski definition) is 3. The van der Waals surface area contributed by atoms with Crippen LogP contribution in [0.1, 0.15) is 58.8 Å². The van der Waals surface area contributed by atoms with Crippen LogP contribution in [0.5, 0.6) is 0 Å². The molecule has 1 aliphatic carbocycles. The zero-order valence-electron chi connectivity index (χ0n) is 13.4. The lowest BCUT2D eigenvalue weighted by Gasteiger charge is -2.24. The van der Waals surface area contributed by atoms with Crippen molar-refractivity contribution in [2.75, 3.05) is 19.7 Å². The third kappa shape index (κ3) is 7.46. The molecule has 0 unspecified atom stereocenters. The molecular weight excluding hydrogens is 268 g/mol. The van der Waals surface area contributed by atoms with Gasteiger partial charge in [-0.2, -0.15) is 0 Å². The Morgan fingerprint density at radius 1 is 1.19 bits per heavy atom. The van der Waals surface area contributed by atoms with Gasteiger partial charge in [0.2, 0.25) is 11.8 Å². The summed E-state index contributed by atoms with van der Waals surface area (Å²) in [5, 5.41) is 14.6. The highest BCUT2D eigenvalue weighted by atomic mass is 16.3. The first-order valence-electron chi connectivity index (χ1n) is 8.10. The molecule has 0 bridgehead atoms. The molecule has 1 aliphatic rings. The van der Waals surface area contributed by atoms with Crippen LogP contribution in [0.4, 0.5) is 0 Å². The molecule has 21 heavy (non-hydrogen) atoms. The van der Waals surface area contributed by atoms with E-state index in [9.17, 15) is 9.59 Å². The summed E-state index contributed by atoms with van der Waals surface area (Å²) < 4.78 is 0. The van der Waals surface area contributed by atoms with Crippen molar-refractivity contribution in [3.05, 3.63) is 0 Å². The molecule has 1 fully saturated rings. The first-order valence-corrected chi connectivity index (χ1v) is 8.10. The maximum atomic E-state index is 11.8. The summed E-state index contributed by atoms with van der Waals surface area (Å²) in [6.45, 7) is 5.35. The van der Waals surface area contributed by atoms with Gasteiger partial charge in [0.1, 0.15) is 0 Å². The fourth-order valence-corrected chi connectivity index (χ4v) is 2.70. The number of nitrogens with one attached hydrogen (secondary N) is 2. The Hall–Kier alpha value is -1.10. The second-order valence-corrected chi connectivity index (χ2v) is 6.79. The van der Waals surface area contributed by atoms with Crippen molar-refractivity contribution in [2.24, 2.45) is 11.3 Å². The van der Waals surface area contributed by atoms with Gasteiger partial charge >= 0.3 is 0 Å². The van der Waals surface area contributed by atoms with E-state index in [-0.39, 0.29) is 29.8 Å². The molecule has 1 saturated carbocycles. The summed E-state index contributed by atoms with van der Waals surface area (Å²) in [5.41, 5.74) is -0.00845. The van der Waals surface area contributed by atoms with Gasteiger partial charge < -0.3 is 15.7 Å².